The maximum atomic E-state index is 12.9. The van der Waals surface area contributed by atoms with Crippen molar-refractivity contribution in [3.05, 3.63) is 76.1 Å². The van der Waals surface area contributed by atoms with Crippen LogP contribution in [-0.4, -0.2) is 41.4 Å². The van der Waals surface area contributed by atoms with Crippen molar-refractivity contribution in [2.24, 2.45) is 11.8 Å². The van der Waals surface area contributed by atoms with E-state index in [2.05, 4.69) is 36.3 Å². The molecule has 0 bridgehead atoms. The fourth-order valence-electron chi connectivity index (χ4n) is 8.64. The van der Waals surface area contributed by atoms with Crippen LogP contribution in [0, 0.1) is 11.8 Å². The van der Waals surface area contributed by atoms with Crippen LogP contribution in [0.1, 0.15) is 87.1 Å². The van der Waals surface area contributed by atoms with E-state index in [1.165, 1.54) is 35.2 Å². The SMILES string of the molecule is C[C@@H](COc1ccnc2c1[C@H](C)CCC2)CC1Cc2cc3c(cc2C12CCC(Nc1cccc(Cl)c1)(C(=O)O)CC2)OCCO3. The predicted octanol–water partition coefficient (Wildman–Crippen LogP) is 7.97. The van der Waals surface area contributed by atoms with Gasteiger partial charge in [0, 0.05) is 28.2 Å². The van der Waals surface area contributed by atoms with E-state index < -0.39 is 11.5 Å². The molecular formula is C37H43ClN2O5. The molecule has 1 fully saturated rings. The van der Waals surface area contributed by atoms with Crippen LogP contribution in [0.2, 0.25) is 5.02 Å². The van der Waals surface area contributed by atoms with Gasteiger partial charge >= 0.3 is 5.97 Å². The molecule has 3 aromatic rings. The van der Waals surface area contributed by atoms with Crippen LogP contribution in [0.25, 0.3) is 0 Å². The number of carboxylic acids is 1. The molecule has 0 radical (unpaired) electrons. The maximum absolute atomic E-state index is 12.9. The number of hydrogen-bond acceptors (Lipinski definition) is 6. The summed E-state index contributed by atoms with van der Waals surface area (Å²) in [6, 6.07) is 13.8. The average molecular weight is 631 g/mol. The summed E-state index contributed by atoms with van der Waals surface area (Å²) in [5.74, 6) is 2.95. The Morgan fingerprint density at radius 1 is 1.13 bits per heavy atom. The van der Waals surface area contributed by atoms with Gasteiger partial charge < -0.3 is 24.6 Å². The summed E-state index contributed by atoms with van der Waals surface area (Å²) in [5.41, 5.74) is 4.64. The third-order valence-corrected chi connectivity index (χ3v) is 11.2. The van der Waals surface area contributed by atoms with Crippen molar-refractivity contribution in [3.63, 3.8) is 0 Å². The zero-order valence-electron chi connectivity index (χ0n) is 26.2. The number of aryl methyl sites for hydroxylation is 1. The predicted molar refractivity (Wildman–Crippen MR) is 175 cm³/mol. The average Bonchev–Trinajstić information content (AvgIpc) is 3.31. The van der Waals surface area contributed by atoms with Gasteiger partial charge in [0.2, 0.25) is 0 Å². The fraction of sp³-hybridized carbons (Fsp3) is 0.514. The van der Waals surface area contributed by atoms with Crippen LogP contribution < -0.4 is 19.5 Å². The number of aromatic nitrogens is 1. The number of carboxylic acid groups (broad SMARTS) is 1. The second-order valence-corrected chi connectivity index (χ2v) is 14.3. The van der Waals surface area contributed by atoms with Gasteiger partial charge in [-0.25, -0.2) is 4.79 Å². The van der Waals surface area contributed by atoms with Crippen LogP contribution in [-0.2, 0) is 23.1 Å². The number of anilines is 1. The molecule has 8 heteroatoms. The second kappa shape index (κ2) is 12.1. The summed E-state index contributed by atoms with van der Waals surface area (Å²) < 4.78 is 18.6. The minimum absolute atomic E-state index is 0.140. The highest BCUT2D eigenvalue weighted by Gasteiger charge is 2.54. The van der Waals surface area contributed by atoms with Crippen LogP contribution in [0.15, 0.2) is 48.7 Å². The van der Waals surface area contributed by atoms with Crippen molar-refractivity contribution in [2.45, 2.75) is 88.5 Å². The van der Waals surface area contributed by atoms with Gasteiger partial charge in [-0.05, 0) is 128 Å². The number of benzene rings is 2. The molecule has 0 amide bonds. The Hall–Kier alpha value is -3.45. The Bertz CT molecular complexity index is 1580. The lowest BCUT2D eigenvalue weighted by molar-refractivity contribution is -0.144. The number of aliphatic carboxylic acids is 1. The molecule has 1 aromatic heterocycles. The van der Waals surface area contributed by atoms with Crippen LogP contribution in [0.3, 0.4) is 0 Å². The van der Waals surface area contributed by atoms with E-state index in [0.29, 0.717) is 55.4 Å². The first-order chi connectivity index (χ1) is 21.8. The molecule has 1 unspecified atom stereocenters. The summed E-state index contributed by atoms with van der Waals surface area (Å²) >= 11 is 6.25. The highest BCUT2D eigenvalue weighted by Crippen LogP contribution is 2.58. The largest absolute Gasteiger partial charge is 0.493 e. The van der Waals surface area contributed by atoms with Crippen molar-refractivity contribution >= 4 is 23.3 Å². The number of pyridine rings is 1. The number of nitrogens with one attached hydrogen (secondary N) is 1. The summed E-state index contributed by atoms with van der Waals surface area (Å²) in [4.78, 5) is 17.5. The number of nitrogens with zero attached hydrogens (tertiary/aromatic N) is 1. The molecule has 7 nitrogen and oxygen atoms in total. The Morgan fingerprint density at radius 3 is 2.67 bits per heavy atom. The number of ether oxygens (including phenoxy) is 3. The van der Waals surface area contributed by atoms with Crippen molar-refractivity contribution in [3.8, 4) is 17.2 Å². The lowest BCUT2D eigenvalue weighted by Crippen LogP contribution is -2.53. The van der Waals surface area contributed by atoms with E-state index in [1.54, 1.807) is 12.1 Å². The monoisotopic (exact) mass is 630 g/mol. The van der Waals surface area contributed by atoms with E-state index in [0.717, 1.165) is 55.0 Å². The summed E-state index contributed by atoms with van der Waals surface area (Å²) in [6.45, 7) is 6.31. The van der Waals surface area contributed by atoms with Gasteiger partial charge in [-0.15, -0.1) is 0 Å². The molecule has 45 heavy (non-hydrogen) atoms. The molecular weight excluding hydrogens is 588 g/mol. The van der Waals surface area contributed by atoms with E-state index in [4.69, 9.17) is 25.8 Å². The van der Waals surface area contributed by atoms with E-state index >= 15 is 0 Å². The van der Waals surface area contributed by atoms with Gasteiger partial charge in [0.25, 0.3) is 0 Å². The zero-order chi connectivity index (χ0) is 31.2. The second-order valence-electron chi connectivity index (χ2n) is 13.8. The quantitative estimate of drug-likeness (QED) is 0.261. The lowest BCUT2D eigenvalue weighted by atomic mass is 9.59. The highest BCUT2D eigenvalue weighted by atomic mass is 35.5. The minimum atomic E-state index is -1.05. The molecule has 1 saturated carbocycles. The standard InChI is InChI=1S/C37H43ClN2O5/c1-23(22-45-31-9-14-39-30-8-3-5-24(2)34(30)31)17-26-18-25-19-32-33(44-16-15-43-32)21-29(25)36(26)10-12-37(13-11-36,35(41)42)40-28-7-4-6-27(38)20-28/h4,6-7,9,14,19-21,23-24,26,40H,3,5,8,10-13,15-18,22H2,1-2H3,(H,41,42)/t23-,24-,26?,36?,37?/m1/s1. The zero-order valence-corrected chi connectivity index (χ0v) is 27.0. The van der Waals surface area contributed by atoms with Gasteiger partial charge in [0.15, 0.2) is 11.5 Å². The van der Waals surface area contributed by atoms with Gasteiger partial charge in [-0.3, -0.25) is 4.98 Å². The third-order valence-electron chi connectivity index (χ3n) is 11.0. The van der Waals surface area contributed by atoms with E-state index in [-0.39, 0.29) is 5.41 Å². The highest BCUT2D eigenvalue weighted by molar-refractivity contribution is 6.30. The van der Waals surface area contributed by atoms with Gasteiger partial charge in [0.1, 0.15) is 24.5 Å². The Balaban J connectivity index is 1.14. The Morgan fingerprint density at radius 2 is 1.91 bits per heavy atom. The maximum Gasteiger partial charge on any atom is 0.329 e. The molecule has 1 aliphatic heterocycles. The molecule has 0 saturated heterocycles. The van der Waals surface area contributed by atoms with Crippen molar-refractivity contribution in [2.75, 3.05) is 25.1 Å². The lowest BCUT2D eigenvalue weighted by Gasteiger charge is -2.47. The van der Waals surface area contributed by atoms with Crippen LogP contribution in [0.4, 0.5) is 5.69 Å². The number of carbonyl (C=O) groups is 1. The van der Waals surface area contributed by atoms with E-state index in [1.807, 2.05) is 24.4 Å². The van der Waals surface area contributed by atoms with Crippen molar-refractivity contribution in [1.29, 1.82) is 0 Å². The van der Waals surface area contributed by atoms with Gasteiger partial charge in [0.05, 0.1) is 6.61 Å². The number of rotatable bonds is 8. The normalized spacial score (nSPS) is 27.4. The van der Waals surface area contributed by atoms with Crippen molar-refractivity contribution in [1.82, 2.24) is 4.98 Å². The summed E-state index contributed by atoms with van der Waals surface area (Å²) in [6.07, 6.45) is 9.79. The fourth-order valence-corrected chi connectivity index (χ4v) is 8.83. The molecule has 3 aliphatic carbocycles. The molecule has 3 atom stereocenters. The number of fused-ring (bicyclic) bond motifs is 4. The molecule has 1 spiro atoms. The first kappa shape index (κ1) is 30.2. The molecule has 2 aromatic carbocycles. The van der Waals surface area contributed by atoms with Gasteiger partial charge in [-0.2, -0.15) is 0 Å². The van der Waals surface area contributed by atoms with Crippen LogP contribution >= 0.6 is 11.6 Å². The molecule has 2 N–H and O–H groups in total. The number of hydrogen-bond donors (Lipinski definition) is 2. The molecule has 2 heterocycles. The Labute approximate surface area is 270 Å². The van der Waals surface area contributed by atoms with Crippen LogP contribution in [0.5, 0.6) is 17.2 Å². The molecule has 238 valence electrons. The topological polar surface area (TPSA) is 89.9 Å². The first-order valence-corrected chi connectivity index (χ1v) is 16.9. The smallest absolute Gasteiger partial charge is 0.329 e. The summed E-state index contributed by atoms with van der Waals surface area (Å²) in [7, 11) is 0. The summed E-state index contributed by atoms with van der Waals surface area (Å²) in [5, 5.41) is 14.5. The first-order valence-electron chi connectivity index (χ1n) is 16.6. The minimum Gasteiger partial charge on any atom is -0.493 e. The molecule has 4 aliphatic rings. The third kappa shape index (κ3) is 5.62. The number of halogens is 1. The van der Waals surface area contributed by atoms with E-state index in [9.17, 15) is 9.90 Å². The molecule has 7 rings (SSSR count). The van der Waals surface area contributed by atoms with Crippen molar-refractivity contribution < 1.29 is 24.1 Å². The Kier molecular flexibility index (Phi) is 8.09. The van der Waals surface area contributed by atoms with Gasteiger partial charge in [-0.1, -0.05) is 31.5 Å².